The molecule has 2 nitrogen and oxygen atoms in total. The molecule has 0 aliphatic heterocycles. The number of carbonyl (C=O) groups is 1. The van der Waals surface area contributed by atoms with E-state index in [4.69, 9.17) is 0 Å². The maximum Gasteiger partial charge on any atom is 0.230 e. The Labute approximate surface area is 167 Å². The first kappa shape index (κ1) is 18.7. The van der Waals surface area contributed by atoms with Crippen molar-refractivity contribution < 1.29 is 4.79 Å². The number of halogens is 1. The summed E-state index contributed by atoms with van der Waals surface area (Å²) in [5.41, 5.74) is 3.39. The molecular weight excluding hydrogens is 406 g/mol. The summed E-state index contributed by atoms with van der Waals surface area (Å²) in [7, 11) is 0. The highest BCUT2D eigenvalue weighted by atomic mass is 79.9. The summed E-state index contributed by atoms with van der Waals surface area (Å²) < 4.78 is 1.07. The van der Waals surface area contributed by atoms with E-state index in [2.05, 4.69) is 33.4 Å². The summed E-state index contributed by atoms with van der Waals surface area (Å²) in [5, 5.41) is 3.18. The van der Waals surface area contributed by atoms with Crippen molar-refractivity contribution in [1.29, 1.82) is 0 Å². The zero-order valence-corrected chi connectivity index (χ0v) is 16.7. The van der Waals surface area contributed by atoms with Crippen LogP contribution in [0.4, 0.5) is 0 Å². The van der Waals surface area contributed by atoms with Crippen LogP contribution in [0, 0.1) is 0 Å². The van der Waals surface area contributed by atoms with Crippen molar-refractivity contribution in [3.63, 3.8) is 0 Å². The van der Waals surface area contributed by atoms with Gasteiger partial charge in [0.25, 0.3) is 0 Å². The molecule has 0 aliphatic carbocycles. The summed E-state index contributed by atoms with van der Waals surface area (Å²) in [6.07, 6.45) is 0. The van der Waals surface area contributed by atoms with Crippen LogP contribution in [0.15, 0.2) is 89.4 Å². The number of amides is 1. The largest absolute Gasteiger partial charge is 0.344 e. The molecule has 3 aromatic rings. The smallest absolute Gasteiger partial charge is 0.230 e. The first-order valence-electron chi connectivity index (χ1n) is 8.44. The summed E-state index contributed by atoms with van der Waals surface area (Å²) in [4.78, 5) is 12.5. The Hall–Kier alpha value is -2.04. The van der Waals surface area contributed by atoms with Crippen LogP contribution < -0.4 is 5.32 Å². The molecule has 3 aromatic carbocycles. The molecule has 1 amide bonds. The van der Waals surface area contributed by atoms with Crippen molar-refractivity contribution in [3.05, 3.63) is 106 Å². The van der Waals surface area contributed by atoms with Crippen LogP contribution in [0.1, 0.15) is 22.7 Å². The quantitative estimate of drug-likeness (QED) is 0.534. The number of hydrogen-bond donors (Lipinski definition) is 1. The van der Waals surface area contributed by atoms with E-state index in [9.17, 15) is 4.79 Å². The van der Waals surface area contributed by atoms with E-state index in [1.807, 2.05) is 72.8 Å². The Bertz CT molecular complexity index is 782. The van der Waals surface area contributed by atoms with Crippen LogP contribution in [0.25, 0.3) is 0 Å². The molecule has 3 rings (SSSR count). The number of rotatable bonds is 7. The molecule has 0 unspecified atom stereocenters. The van der Waals surface area contributed by atoms with Gasteiger partial charge in [-0.15, -0.1) is 11.8 Å². The van der Waals surface area contributed by atoms with Crippen LogP contribution in [0.5, 0.6) is 0 Å². The van der Waals surface area contributed by atoms with Gasteiger partial charge in [-0.25, -0.2) is 0 Å². The van der Waals surface area contributed by atoms with Gasteiger partial charge in [-0.2, -0.15) is 0 Å². The number of thioether (sulfide) groups is 1. The molecule has 0 saturated heterocycles. The third-order valence-corrected chi connectivity index (χ3v) is 5.52. The molecule has 0 heterocycles. The predicted octanol–water partition coefficient (Wildman–Crippen LogP) is 5.59. The van der Waals surface area contributed by atoms with Gasteiger partial charge >= 0.3 is 0 Å². The number of carbonyl (C=O) groups excluding carboxylic acids is 1. The molecular formula is C22H20BrNOS. The summed E-state index contributed by atoms with van der Waals surface area (Å²) >= 11 is 5.06. The van der Waals surface area contributed by atoms with Gasteiger partial charge in [0.1, 0.15) is 0 Å². The Morgan fingerprint density at radius 1 is 0.846 bits per heavy atom. The zero-order valence-electron chi connectivity index (χ0n) is 14.3. The van der Waals surface area contributed by atoms with E-state index in [1.54, 1.807) is 11.8 Å². The van der Waals surface area contributed by atoms with E-state index in [0.29, 0.717) is 5.75 Å². The molecule has 0 fully saturated rings. The highest BCUT2D eigenvalue weighted by Gasteiger charge is 2.16. The second-order valence-electron chi connectivity index (χ2n) is 5.94. The third kappa shape index (κ3) is 5.48. The van der Waals surface area contributed by atoms with Crippen LogP contribution in [-0.4, -0.2) is 11.7 Å². The Morgan fingerprint density at radius 2 is 1.38 bits per heavy atom. The SMILES string of the molecule is O=C(CSCc1ccc(Br)cc1)NC(c1ccccc1)c1ccccc1. The summed E-state index contributed by atoms with van der Waals surface area (Å²) in [5.74, 6) is 1.30. The van der Waals surface area contributed by atoms with Crippen molar-refractivity contribution in [1.82, 2.24) is 5.32 Å². The molecule has 0 atom stereocenters. The lowest BCUT2D eigenvalue weighted by molar-refractivity contribution is -0.119. The van der Waals surface area contributed by atoms with Gasteiger partial charge in [-0.05, 0) is 28.8 Å². The van der Waals surface area contributed by atoms with Crippen molar-refractivity contribution in [2.45, 2.75) is 11.8 Å². The highest BCUT2D eigenvalue weighted by molar-refractivity contribution is 9.10. The van der Waals surface area contributed by atoms with Crippen LogP contribution in [0.2, 0.25) is 0 Å². The molecule has 0 saturated carbocycles. The Kier molecular flexibility index (Phi) is 6.92. The first-order valence-corrected chi connectivity index (χ1v) is 10.4. The first-order chi connectivity index (χ1) is 12.7. The number of benzene rings is 3. The van der Waals surface area contributed by atoms with Gasteiger partial charge in [0.05, 0.1) is 11.8 Å². The summed E-state index contributed by atoms with van der Waals surface area (Å²) in [6.45, 7) is 0. The number of hydrogen-bond acceptors (Lipinski definition) is 2. The fraction of sp³-hybridized carbons (Fsp3) is 0.136. The van der Waals surface area contributed by atoms with Gasteiger partial charge < -0.3 is 5.32 Å². The molecule has 26 heavy (non-hydrogen) atoms. The molecule has 4 heteroatoms. The minimum Gasteiger partial charge on any atom is -0.344 e. The Morgan fingerprint density at radius 3 is 1.92 bits per heavy atom. The summed E-state index contributed by atoms with van der Waals surface area (Å²) in [6, 6.07) is 28.2. The van der Waals surface area contributed by atoms with E-state index in [0.717, 1.165) is 21.4 Å². The number of nitrogens with one attached hydrogen (secondary N) is 1. The van der Waals surface area contributed by atoms with E-state index in [1.165, 1.54) is 5.56 Å². The van der Waals surface area contributed by atoms with Gasteiger partial charge in [0.2, 0.25) is 5.91 Å². The van der Waals surface area contributed by atoms with Crippen molar-refractivity contribution >= 4 is 33.6 Å². The molecule has 0 bridgehead atoms. The fourth-order valence-corrected chi connectivity index (χ4v) is 3.76. The molecule has 0 spiro atoms. The van der Waals surface area contributed by atoms with Crippen LogP contribution in [0.3, 0.4) is 0 Å². The normalized spacial score (nSPS) is 10.7. The zero-order chi connectivity index (χ0) is 18.2. The lowest BCUT2D eigenvalue weighted by atomic mass is 9.99. The average molecular weight is 426 g/mol. The fourth-order valence-electron chi connectivity index (χ4n) is 2.69. The lowest BCUT2D eigenvalue weighted by Crippen LogP contribution is -2.30. The monoisotopic (exact) mass is 425 g/mol. The van der Waals surface area contributed by atoms with E-state index >= 15 is 0 Å². The van der Waals surface area contributed by atoms with Crippen LogP contribution >= 0.6 is 27.7 Å². The third-order valence-electron chi connectivity index (χ3n) is 3.99. The lowest BCUT2D eigenvalue weighted by Gasteiger charge is -2.20. The average Bonchev–Trinajstić information content (AvgIpc) is 2.69. The van der Waals surface area contributed by atoms with Crippen molar-refractivity contribution in [3.8, 4) is 0 Å². The maximum atomic E-state index is 12.5. The molecule has 1 N–H and O–H groups in total. The minimum atomic E-state index is -0.127. The van der Waals surface area contributed by atoms with Gasteiger partial charge in [-0.3, -0.25) is 4.79 Å². The van der Waals surface area contributed by atoms with Crippen molar-refractivity contribution in [2.75, 3.05) is 5.75 Å². The highest BCUT2D eigenvalue weighted by Crippen LogP contribution is 2.22. The predicted molar refractivity (Wildman–Crippen MR) is 113 cm³/mol. The second-order valence-corrected chi connectivity index (χ2v) is 7.84. The maximum absolute atomic E-state index is 12.5. The molecule has 0 aliphatic rings. The molecule has 0 radical (unpaired) electrons. The molecule has 0 aromatic heterocycles. The molecule has 132 valence electrons. The second kappa shape index (κ2) is 9.60. The Balaban J connectivity index is 1.61. The van der Waals surface area contributed by atoms with E-state index < -0.39 is 0 Å². The minimum absolute atomic E-state index is 0.0461. The standard InChI is InChI=1S/C22H20BrNOS/c23-20-13-11-17(12-14-20)15-26-16-21(25)24-22(18-7-3-1-4-8-18)19-9-5-2-6-10-19/h1-14,22H,15-16H2,(H,24,25). The topological polar surface area (TPSA) is 29.1 Å². The van der Waals surface area contributed by atoms with Gasteiger partial charge in [0, 0.05) is 10.2 Å². The van der Waals surface area contributed by atoms with E-state index in [-0.39, 0.29) is 11.9 Å². The van der Waals surface area contributed by atoms with Crippen molar-refractivity contribution in [2.24, 2.45) is 0 Å². The van der Waals surface area contributed by atoms with Gasteiger partial charge in [-0.1, -0.05) is 88.7 Å². The van der Waals surface area contributed by atoms with Crippen LogP contribution in [-0.2, 0) is 10.5 Å². The van der Waals surface area contributed by atoms with Gasteiger partial charge in [0.15, 0.2) is 0 Å².